The molecule has 0 aliphatic rings. The molecule has 0 heterocycles. The van der Waals surface area contributed by atoms with Gasteiger partial charge in [0, 0.05) is 27.5 Å². The number of carbonyl (C=O) groups is 1. The molecule has 0 fully saturated rings. The highest BCUT2D eigenvalue weighted by Crippen LogP contribution is 2.22. The SMILES string of the molecule is CSC(C)CCNC(=O)c1cc(Br)cc(N)c1C. The lowest BCUT2D eigenvalue weighted by Gasteiger charge is -2.12. The summed E-state index contributed by atoms with van der Waals surface area (Å²) in [5.74, 6) is -0.0613. The van der Waals surface area contributed by atoms with Gasteiger partial charge in [-0.2, -0.15) is 11.8 Å². The number of hydrogen-bond donors (Lipinski definition) is 2. The number of carbonyl (C=O) groups excluding carboxylic acids is 1. The molecule has 0 aromatic heterocycles. The number of thioether (sulfide) groups is 1. The van der Waals surface area contributed by atoms with Crippen molar-refractivity contribution in [2.24, 2.45) is 0 Å². The van der Waals surface area contributed by atoms with Gasteiger partial charge in [0.15, 0.2) is 0 Å². The van der Waals surface area contributed by atoms with Crippen molar-refractivity contribution >= 4 is 39.3 Å². The summed E-state index contributed by atoms with van der Waals surface area (Å²) in [5, 5.41) is 3.49. The van der Waals surface area contributed by atoms with Crippen LogP contribution < -0.4 is 11.1 Å². The van der Waals surface area contributed by atoms with Crippen molar-refractivity contribution < 1.29 is 4.79 Å². The van der Waals surface area contributed by atoms with Crippen LogP contribution in [-0.2, 0) is 0 Å². The van der Waals surface area contributed by atoms with Crippen LogP contribution in [0, 0.1) is 6.92 Å². The van der Waals surface area contributed by atoms with E-state index in [1.54, 1.807) is 17.8 Å². The minimum Gasteiger partial charge on any atom is -0.398 e. The highest BCUT2D eigenvalue weighted by molar-refractivity contribution is 9.10. The number of rotatable bonds is 5. The summed E-state index contributed by atoms with van der Waals surface area (Å²) in [5.41, 5.74) is 7.94. The van der Waals surface area contributed by atoms with Crippen molar-refractivity contribution in [1.82, 2.24) is 5.32 Å². The lowest BCUT2D eigenvalue weighted by Crippen LogP contribution is -2.26. The molecule has 0 saturated heterocycles. The highest BCUT2D eigenvalue weighted by Gasteiger charge is 2.12. The second kappa shape index (κ2) is 7.04. The third-order valence-electron chi connectivity index (χ3n) is 2.90. The van der Waals surface area contributed by atoms with Crippen molar-refractivity contribution in [3.05, 3.63) is 27.7 Å². The van der Waals surface area contributed by atoms with E-state index in [4.69, 9.17) is 5.73 Å². The maximum absolute atomic E-state index is 12.0. The summed E-state index contributed by atoms with van der Waals surface area (Å²) in [6, 6.07) is 3.61. The van der Waals surface area contributed by atoms with Gasteiger partial charge in [0.1, 0.15) is 0 Å². The van der Waals surface area contributed by atoms with E-state index < -0.39 is 0 Å². The minimum absolute atomic E-state index is 0.0613. The molecule has 0 saturated carbocycles. The first-order valence-corrected chi connectivity index (χ1v) is 7.90. The molecule has 0 bridgehead atoms. The van der Waals surface area contributed by atoms with Crippen LogP contribution in [-0.4, -0.2) is 24.0 Å². The van der Waals surface area contributed by atoms with Crippen LogP contribution in [0.1, 0.15) is 29.3 Å². The molecule has 0 aliphatic heterocycles. The molecule has 1 amide bonds. The maximum atomic E-state index is 12.0. The number of amides is 1. The first kappa shape index (κ1) is 15.4. The number of hydrogen-bond acceptors (Lipinski definition) is 3. The second-order valence-electron chi connectivity index (χ2n) is 4.26. The fraction of sp³-hybridized carbons (Fsp3) is 0.462. The number of halogens is 1. The number of anilines is 1. The van der Waals surface area contributed by atoms with Crippen molar-refractivity contribution in [2.75, 3.05) is 18.5 Å². The van der Waals surface area contributed by atoms with Crippen LogP contribution in [0.15, 0.2) is 16.6 Å². The highest BCUT2D eigenvalue weighted by atomic mass is 79.9. The molecule has 0 aliphatic carbocycles. The summed E-state index contributed by atoms with van der Waals surface area (Å²) in [7, 11) is 0. The van der Waals surface area contributed by atoms with Gasteiger partial charge in [-0.05, 0) is 37.3 Å². The van der Waals surface area contributed by atoms with Crippen LogP contribution >= 0.6 is 27.7 Å². The van der Waals surface area contributed by atoms with E-state index in [-0.39, 0.29) is 5.91 Å². The Labute approximate surface area is 121 Å². The molecule has 3 N–H and O–H groups in total. The number of nitrogens with two attached hydrogens (primary N) is 1. The largest absolute Gasteiger partial charge is 0.398 e. The molecule has 1 aromatic rings. The van der Waals surface area contributed by atoms with E-state index in [9.17, 15) is 4.79 Å². The molecule has 0 spiro atoms. The van der Waals surface area contributed by atoms with E-state index in [2.05, 4.69) is 34.4 Å². The van der Waals surface area contributed by atoms with Gasteiger partial charge in [0.05, 0.1) is 0 Å². The Morgan fingerprint density at radius 1 is 1.56 bits per heavy atom. The van der Waals surface area contributed by atoms with Gasteiger partial charge in [-0.25, -0.2) is 0 Å². The second-order valence-corrected chi connectivity index (χ2v) is 6.45. The summed E-state index contributed by atoms with van der Waals surface area (Å²) in [4.78, 5) is 12.0. The molecule has 1 rings (SSSR count). The van der Waals surface area contributed by atoms with E-state index in [0.29, 0.717) is 23.0 Å². The van der Waals surface area contributed by atoms with Crippen LogP contribution in [0.25, 0.3) is 0 Å². The standard InChI is InChI=1S/C13H19BrN2OS/c1-8(18-3)4-5-16-13(17)11-6-10(14)7-12(15)9(11)2/h6-8H,4-5,15H2,1-3H3,(H,16,17). The number of benzene rings is 1. The zero-order valence-corrected chi connectivity index (χ0v) is 13.3. The smallest absolute Gasteiger partial charge is 0.251 e. The zero-order chi connectivity index (χ0) is 13.7. The Bertz CT molecular complexity index is 437. The maximum Gasteiger partial charge on any atom is 0.251 e. The Balaban J connectivity index is 2.67. The molecule has 1 atom stereocenters. The van der Waals surface area contributed by atoms with E-state index in [1.165, 1.54) is 0 Å². The summed E-state index contributed by atoms with van der Waals surface area (Å²) in [6.07, 6.45) is 3.04. The van der Waals surface area contributed by atoms with Crippen LogP contribution in [0.4, 0.5) is 5.69 Å². The Hall–Kier alpha value is -0.680. The Morgan fingerprint density at radius 2 is 2.22 bits per heavy atom. The first-order valence-electron chi connectivity index (χ1n) is 5.82. The molecule has 100 valence electrons. The fourth-order valence-electron chi connectivity index (χ4n) is 1.54. The predicted molar refractivity (Wildman–Crippen MR) is 83.2 cm³/mol. The van der Waals surface area contributed by atoms with Gasteiger partial charge >= 0.3 is 0 Å². The summed E-state index contributed by atoms with van der Waals surface area (Å²) in [6.45, 7) is 4.70. The first-order chi connectivity index (χ1) is 8.45. The van der Waals surface area contributed by atoms with Gasteiger partial charge in [-0.3, -0.25) is 4.79 Å². The lowest BCUT2D eigenvalue weighted by molar-refractivity contribution is 0.0952. The van der Waals surface area contributed by atoms with Crippen LogP contribution in [0.5, 0.6) is 0 Å². The number of nitrogens with one attached hydrogen (secondary N) is 1. The zero-order valence-electron chi connectivity index (χ0n) is 10.9. The van der Waals surface area contributed by atoms with E-state index in [0.717, 1.165) is 16.5 Å². The Morgan fingerprint density at radius 3 is 2.83 bits per heavy atom. The molecular formula is C13H19BrN2OS. The van der Waals surface area contributed by atoms with Gasteiger partial charge in [-0.15, -0.1) is 0 Å². The van der Waals surface area contributed by atoms with Gasteiger partial charge in [0.2, 0.25) is 0 Å². The van der Waals surface area contributed by atoms with Crippen molar-refractivity contribution in [3.8, 4) is 0 Å². The normalized spacial score (nSPS) is 12.2. The molecule has 1 unspecified atom stereocenters. The van der Waals surface area contributed by atoms with Crippen molar-refractivity contribution in [3.63, 3.8) is 0 Å². The third-order valence-corrected chi connectivity index (χ3v) is 4.39. The average Bonchev–Trinajstić information content (AvgIpc) is 2.33. The minimum atomic E-state index is -0.0613. The van der Waals surface area contributed by atoms with Gasteiger partial charge in [-0.1, -0.05) is 22.9 Å². The molecule has 18 heavy (non-hydrogen) atoms. The lowest BCUT2D eigenvalue weighted by atomic mass is 10.1. The average molecular weight is 331 g/mol. The van der Waals surface area contributed by atoms with E-state index in [1.807, 2.05) is 13.0 Å². The number of nitrogen functional groups attached to an aromatic ring is 1. The quantitative estimate of drug-likeness (QED) is 0.815. The van der Waals surface area contributed by atoms with Crippen LogP contribution in [0.2, 0.25) is 0 Å². The van der Waals surface area contributed by atoms with Crippen molar-refractivity contribution in [2.45, 2.75) is 25.5 Å². The molecule has 0 radical (unpaired) electrons. The van der Waals surface area contributed by atoms with Crippen LogP contribution in [0.3, 0.4) is 0 Å². The summed E-state index contributed by atoms with van der Waals surface area (Å²) >= 11 is 5.16. The van der Waals surface area contributed by atoms with E-state index >= 15 is 0 Å². The molecular weight excluding hydrogens is 312 g/mol. The monoisotopic (exact) mass is 330 g/mol. The van der Waals surface area contributed by atoms with Crippen molar-refractivity contribution in [1.29, 1.82) is 0 Å². The molecule has 3 nitrogen and oxygen atoms in total. The third kappa shape index (κ3) is 4.21. The topological polar surface area (TPSA) is 55.1 Å². The summed E-state index contributed by atoms with van der Waals surface area (Å²) < 4.78 is 0.827. The predicted octanol–water partition coefficient (Wildman–Crippen LogP) is 3.21. The van der Waals surface area contributed by atoms with Gasteiger partial charge in [0.25, 0.3) is 5.91 Å². The Kier molecular flexibility index (Phi) is 6.02. The van der Waals surface area contributed by atoms with Gasteiger partial charge < -0.3 is 11.1 Å². The molecule has 5 heteroatoms. The molecule has 1 aromatic carbocycles. The fourth-order valence-corrected chi connectivity index (χ4v) is 2.37.